The standard InChI is InChI=1S/C12H26N2OS/c1-4-16-6-5-12(7-13)14-8-10(2)15-11(3)9-14/h10-12H,4-9,13H2,1-3H3. The summed E-state index contributed by atoms with van der Waals surface area (Å²) in [4.78, 5) is 2.51. The highest BCUT2D eigenvalue weighted by Crippen LogP contribution is 2.16. The Bertz CT molecular complexity index is 182. The second-order valence-electron chi connectivity index (χ2n) is 4.59. The second-order valence-corrected chi connectivity index (χ2v) is 5.98. The average molecular weight is 246 g/mol. The van der Waals surface area contributed by atoms with Gasteiger partial charge >= 0.3 is 0 Å². The van der Waals surface area contributed by atoms with Gasteiger partial charge in [0.2, 0.25) is 0 Å². The van der Waals surface area contributed by atoms with Crippen molar-refractivity contribution in [1.29, 1.82) is 0 Å². The van der Waals surface area contributed by atoms with Crippen LogP contribution in [0.4, 0.5) is 0 Å². The minimum atomic E-state index is 0.344. The lowest BCUT2D eigenvalue weighted by Gasteiger charge is -2.39. The van der Waals surface area contributed by atoms with E-state index >= 15 is 0 Å². The van der Waals surface area contributed by atoms with Crippen molar-refractivity contribution < 1.29 is 4.74 Å². The average Bonchev–Trinajstić information content (AvgIpc) is 2.23. The molecule has 96 valence electrons. The molecule has 3 nitrogen and oxygen atoms in total. The lowest BCUT2D eigenvalue weighted by Crippen LogP contribution is -2.52. The number of thioether (sulfide) groups is 1. The third-order valence-electron chi connectivity index (χ3n) is 3.04. The fourth-order valence-electron chi connectivity index (χ4n) is 2.33. The van der Waals surface area contributed by atoms with Crippen molar-refractivity contribution in [3.63, 3.8) is 0 Å². The van der Waals surface area contributed by atoms with Gasteiger partial charge in [0, 0.05) is 25.7 Å². The fraction of sp³-hybridized carbons (Fsp3) is 1.00. The number of nitrogens with two attached hydrogens (primary N) is 1. The van der Waals surface area contributed by atoms with Crippen LogP contribution < -0.4 is 5.73 Å². The van der Waals surface area contributed by atoms with E-state index in [2.05, 4.69) is 25.7 Å². The Hall–Kier alpha value is 0.230. The SMILES string of the molecule is CCSCCC(CN)N1CC(C)OC(C)C1. The normalized spacial score (nSPS) is 29.2. The van der Waals surface area contributed by atoms with Gasteiger partial charge in [0.15, 0.2) is 0 Å². The maximum Gasteiger partial charge on any atom is 0.0678 e. The lowest BCUT2D eigenvalue weighted by molar-refractivity contribution is -0.0795. The zero-order chi connectivity index (χ0) is 12.0. The summed E-state index contributed by atoms with van der Waals surface area (Å²) in [5.41, 5.74) is 5.88. The van der Waals surface area contributed by atoms with Gasteiger partial charge in [0.1, 0.15) is 0 Å². The van der Waals surface area contributed by atoms with Gasteiger partial charge in [-0.25, -0.2) is 0 Å². The topological polar surface area (TPSA) is 38.5 Å². The summed E-state index contributed by atoms with van der Waals surface area (Å²) in [6.45, 7) is 9.34. The zero-order valence-electron chi connectivity index (χ0n) is 10.8. The Balaban J connectivity index is 2.38. The summed E-state index contributed by atoms with van der Waals surface area (Å²) in [5.74, 6) is 2.42. The third kappa shape index (κ3) is 4.62. The number of ether oxygens (including phenoxy) is 1. The van der Waals surface area contributed by atoms with E-state index in [0.29, 0.717) is 18.2 Å². The molecule has 16 heavy (non-hydrogen) atoms. The van der Waals surface area contributed by atoms with E-state index in [-0.39, 0.29) is 0 Å². The monoisotopic (exact) mass is 246 g/mol. The molecule has 1 aliphatic heterocycles. The van der Waals surface area contributed by atoms with Crippen LogP contribution in [0.15, 0.2) is 0 Å². The van der Waals surface area contributed by atoms with Gasteiger partial charge < -0.3 is 10.5 Å². The smallest absolute Gasteiger partial charge is 0.0678 e. The van der Waals surface area contributed by atoms with Crippen LogP contribution >= 0.6 is 11.8 Å². The van der Waals surface area contributed by atoms with Crippen LogP contribution in [0.5, 0.6) is 0 Å². The van der Waals surface area contributed by atoms with E-state index < -0.39 is 0 Å². The summed E-state index contributed by atoms with van der Waals surface area (Å²) in [7, 11) is 0. The molecular weight excluding hydrogens is 220 g/mol. The number of rotatable bonds is 6. The van der Waals surface area contributed by atoms with Crippen LogP contribution in [0.25, 0.3) is 0 Å². The third-order valence-corrected chi connectivity index (χ3v) is 3.97. The Morgan fingerprint density at radius 1 is 1.38 bits per heavy atom. The molecule has 0 aromatic rings. The minimum absolute atomic E-state index is 0.344. The molecule has 2 N–H and O–H groups in total. The quantitative estimate of drug-likeness (QED) is 0.722. The van der Waals surface area contributed by atoms with Gasteiger partial charge in [-0.2, -0.15) is 11.8 Å². The van der Waals surface area contributed by atoms with Crippen molar-refractivity contribution >= 4 is 11.8 Å². The fourth-order valence-corrected chi connectivity index (χ4v) is 3.06. The largest absolute Gasteiger partial charge is 0.373 e. The molecule has 1 saturated heterocycles. The zero-order valence-corrected chi connectivity index (χ0v) is 11.6. The van der Waals surface area contributed by atoms with E-state index in [4.69, 9.17) is 10.5 Å². The molecular formula is C12H26N2OS. The Kier molecular flexibility index (Phi) is 6.73. The molecule has 4 heteroatoms. The molecule has 3 unspecified atom stereocenters. The van der Waals surface area contributed by atoms with Crippen LogP contribution in [-0.2, 0) is 4.74 Å². The van der Waals surface area contributed by atoms with Crippen LogP contribution in [-0.4, -0.2) is 54.3 Å². The molecule has 0 amide bonds. The van der Waals surface area contributed by atoms with E-state index in [1.807, 2.05) is 11.8 Å². The maximum atomic E-state index is 5.88. The molecule has 3 atom stereocenters. The van der Waals surface area contributed by atoms with Crippen molar-refractivity contribution in [3.05, 3.63) is 0 Å². The number of nitrogens with zero attached hydrogens (tertiary/aromatic N) is 1. The predicted molar refractivity (Wildman–Crippen MR) is 72.0 cm³/mol. The molecule has 1 rings (SSSR count). The molecule has 0 radical (unpaired) electrons. The summed E-state index contributed by atoms with van der Waals surface area (Å²) in [5, 5.41) is 0. The van der Waals surface area contributed by atoms with Crippen LogP contribution in [0.1, 0.15) is 27.2 Å². The summed E-state index contributed by atoms with van der Waals surface area (Å²) in [6, 6.07) is 0.535. The van der Waals surface area contributed by atoms with Crippen LogP contribution in [0, 0.1) is 0 Å². The molecule has 1 heterocycles. The minimum Gasteiger partial charge on any atom is -0.373 e. The Labute approximate surface area is 104 Å². The summed E-state index contributed by atoms with van der Waals surface area (Å²) in [6.07, 6.45) is 1.89. The predicted octanol–water partition coefficient (Wildman–Crippen LogP) is 1.57. The first-order chi connectivity index (χ1) is 7.67. The van der Waals surface area contributed by atoms with Gasteiger partial charge in [-0.3, -0.25) is 4.90 Å². The molecule has 0 aromatic heterocycles. The molecule has 0 aliphatic carbocycles. The first-order valence-electron chi connectivity index (χ1n) is 6.34. The Morgan fingerprint density at radius 2 is 2.00 bits per heavy atom. The molecule has 0 spiro atoms. The second kappa shape index (κ2) is 7.54. The maximum absolute atomic E-state index is 5.88. The van der Waals surface area contributed by atoms with E-state index in [1.54, 1.807) is 0 Å². The number of hydrogen-bond donors (Lipinski definition) is 1. The van der Waals surface area contributed by atoms with Gasteiger partial charge in [-0.05, 0) is 31.8 Å². The van der Waals surface area contributed by atoms with Crippen LogP contribution in [0.2, 0.25) is 0 Å². The highest BCUT2D eigenvalue weighted by molar-refractivity contribution is 7.99. The first kappa shape index (κ1) is 14.3. The van der Waals surface area contributed by atoms with Crippen molar-refractivity contribution in [2.75, 3.05) is 31.1 Å². The summed E-state index contributed by atoms with van der Waals surface area (Å²) < 4.78 is 5.75. The molecule has 1 aliphatic rings. The molecule has 1 fully saturated rings. The van der Waals surface area contributed by atoms with Crippen molar-refractivity contribution in [2.24, 2.45) is 5.73 Å². The molecule has 0 saturated carbocycles. The van der Waals surface area contributed by atoms with Crippen LogP contribution in [0.3, 0.4) is 0 Å². The highest BCUT2D eigenvalue weighted by atomic mass is 32.2. The van der Waals surface area contributed by atoms with E-state index in [1.165, 1.54) is 17.9 Å². The lowest BCUT2D eigenvalue weighted by atomic mass is 10.1. The van der Waals surface area contributed by atoms with Crippen molar-refractivity contribution in [1.82, 2.24) is 4.90 Å². The van der Waals surface area contributed by atoms with Gasteiger partial charge in [-0.15, -0.1) is 0 Å². The number of morpholine rings is 1. The number of hydrogen-bond acceptors (Lipinski definition) is 4. The van der Waals surface area contributed by atoms with E-state index in [0.717, 1.165) is 19.6 Å². The van der Waals surface area contributed by atoms with Gasteiger partial charge in [0.05, 0.1) is 12.2 Å². The first-order valence-corrected chi connectivity index (χ1v) is 7.50. The highest BCUT2D eigenvalue weighted by Gasteiger charge is 2.26. The Morgan fingerprint density at radius 3 is 2.50 bits per heavy atom. The molecule has 0 aromatic carbocycles. The van der Waals surface area contributed by atoms with Gasteiger partial charge in [0.25, 0.3) is 0 Å². The summed E-state index contributed by atoms with van der Waals surface area (Å²) >= 11 is 2.00. The van der Waals surface area contributed by atoms with Gasteiger partial charge in [-0.1, -0.05) is 6.92 Å². The van der Waals surface area contributed by atoms with Crippen molar-refractivity contribution in [2.45, 2.75) is 45.4 Å². The molecule has 0 bridgehead atoms. The van der Waals surface area contributed by atoms with Crippen molar-refractivity contribution in [3.8, 4) is 0 Å². The van der Waals surface area contributed by atoms with E-state index in [9.17, 15) is 0 Å².